The van der Waals surface area contributed by atoms with Crippen molar-refractivity contribution < 1.29 is 9.53 Å². The fourth-order valence-electron chi connectivity index (χ4n) is 1.67. The van der Waals surface area contributed by atoms with Crippen LogP contribution in [0.2, 0.25) is 0 Å². The maximum Gasteiger partial charge on any atom is 0.410 e. The zero-order valence-corrected chi connectivity index (χ0v) is 9.24. The van der Waals surface area contributed by atoms with Gasteiger partial charge < -0.3 is 4.74 Å². The third-order valence-electron chi connectivity index (χ3n) is 2.61. The Morgan fingerprint density at radius 3 is 3.07 bits per heavy atom. The second-order valence-corrected chi connectivity index (χ2v) is 3.80. The molecule has 4 nitrogen and oxygen atoms in total. The molecular weight excluding hydrogens is 192 g/mol. The summed E-state index contributed by atoms with van der Waals surface area (Å²) >= 11 is 0. The number of hydrogen-bond donors (Lipinski definition) is 0. The van der Waals surface area contributed by atoms with Gasteiger partial charge >= 0.3 is 6.09 Å². The van der Waals surface area contributed by atoms with E-state index in [1.807, 2.05) is 6.92 Å². The molecule has 1 fully saturated rings. The minimum Gasteiger partial charge on any atom is -0.449 e. The van der Waals surface area contributed by atoms with Gasteiger partial charge in [0, 0.05) is 6.54 Å². The van der Waals surface area contributed by atoms with Crippen molar-refractivity contribution in [2.24, 2.45) is 0 Å². The van der Waals surface area contributed by atoms with E-state index in [0.717, 1.165) is 32.1 Å². The van der Waals surface area contributed by atoms with E-state index in [1.54, 1.807) is 4.90 Å². The number of likely N-dealkylation sites (tertiary alicyclic amines) is 1. The highest BCUT2D eigenvalue weighted by atomic mass is 16.6. The topological polar surface area (TPSA) is 53.3 Å². The first-order valence-corrected chi connectivity index (χ1v) is 5.62. The maximum atomic E-state index is 11.6. The molecular formula is C11H18N2O2. The molecule has 1 atom stereocenters. The fraction of sp³-hybridized carbons (Fsp3) is 0.818. The van der Waals surface area contributed by atoms with Crippen LogP contribution in [0.5, 0.6) is 0 Å². The van der Waals surface area contributed by atoms with Crippen LogP contribution in [0.4, 0.5) is 4.79 Å². The average molecular weight is 210 g/mol. The third kappa shape index (κ3) is 3.43. The van der Waals surface area contributed by atoms with Crippen LogP contribution in [-0.4, -0.2) is 30.2 Å². The van der Waals surface area contributed by atoms with E-state index in [1.165, 1.54) is 0 Å². The predicted octanol–water partition coefficient (Wildman–Crippen LogP) is 2.30. The molecule has 1 aliphatic heterocycles. The van der Waals surface area contributed by atoms with Crippen molar-refractivity contribution in [2.45, 2.75) is 45.1 Å². The molecule has 0 aromatic heterocycles. The Labute approximate surface area is 90.8 Å². The minimum absolute atomic E-state index is 0.284. The van der Waals surface area contributed by atoms with Gasteiger partial charge in [-0.15, -0.1) is 0 Å². The van der Waals surface area contributed by atoms with E-state index in [2.05, 4.69) is 6.07 Å². The molecule has 1 saturated heterocycles. The third-order valence-corrected chi connectivity index (χ3v) is 2.61. The number of carbonyl (C=O) groups is 1. The number of ether oxygens (including phenoxy) is 1. The summed E-state index contributed by atoms with van der Waals surface area (Å²) < 4.78 is 5.09. The number of rotatable bonds is 3. The van der Waals surface area contributed by atoms with Crippen LogP contribution < -0.4 is 0 Å². The van der Waals surface area contributed by atoms with Crippen molar-refractivity contribution in [1.29, 1.82) is 5.26 Å². The molecule has 0 radical (unpaired) electrons. The second kappa shape index (κ2) is 6.28. The lowest BCUT2D eigenvalue weighted by molar-refractivity contribution is 0.0832. The average Bonchev–Trinajstić information content (AvgIpc) is 2.29. The normalized spacial score (nSPS) is 20.8. The molecule has 84 valence electrons. The van der Waals surface area contributed by atoms with Crippen molar-refractivity contribution in [3.8, 4) is 6.07 Å². The first-order chi connectivity index (χ1) is 7.29. The Hall–Kier alpha value is -1.24. The summed E-state index contributed by atoms with van der Waals surface area (Å²) in [6.07, 6.45) is 4.35. The lowest BCUT2D eigenvalue weighted by Gasteiger charge is -2.30. The molecule has 0 saturated carbocycles. The highest BCUT2D eigenvalue weighted by Gasteiger charge is 2.27. The number of piperidine rings is 1. The Bertz CT molecular complexity index is 247. The lowest BCUT2D eigenvalue weighted by atomic mass is 10.0. The van der Waals surface area contributed by atoms with Crippen molar-refractivity contribution in [1.82, 2.24) is 4.90 Å². The predicted molar refractivity (Wildman–Crippen MR) is 56.2 cm³/mol. The molecule has 15 heavy (non-hydrogen) atoms. The van der Waals surface area contributed by atoms with Crippen LogP contribution in [0.1, 0.15) is 39.0 Å². The molecule has 0 aromatic rings. The van der Waals surface area contributed by atoms with Gasteiger partial charge in [-0.25, -0.2) is 4.79 Å². The van der Waals surface area contributed by atoms with Crippen LogP contribution in [0, 0.1) is 11.3 Å². The van der Waals surface area contributed by atoms with Gasteiger partial charge in [0.25, 0.3) is 0 Å². The second-order valence-electron chi connectivity index (χ2n) is 3.80. The highest BCUT2D eigenvalue weighted by molar-refractivity contribution is 5.68. The number of amides is 1. The summed E-state index contributed by atoms with van der Waals surface area (Å²) in [6.45, 7) is 3.17. The summed E-state index contributed by atoms with van der Waals surface area (Å²) in [7, 11) is 0. The van der Waals surface area contributed by atoms with Crippen molar-refractivity contribution in [2.75, 3.05) is 13.2 Å². The molecule has 1 unspecified atom stereocenters. The summed E-state index contributed by atoms with van der Waals surface area (Å²) in [5.41, 5.74) is 0. The van der Waals surface area contributed by atoms with Crippen molar-refractivity contribution in [3.05, 3.63) is 0 Å². The Morgan fingerprint density at radius 1 is 1.60 bits per heavy atom. The quantitative estimate of drug-likeness (QED) is 0.671. The molecule has 0 aromatic carbocycles. The maximum absolute atomic E-state index is 11.6. The summed E-state index contributed by atoms with van der Waals surface area (Å²) in [5.74, 6) is 0. The molecule has 0 N–H and O–H groups in total. The van der Waals surface area contributed by atoms with Gasteiger partial charge in [-0.1, -0.05) is 13.3 Å². The van der Waals surface area contributed by atoms with Gasteiger partial charge in [0.2, 0.25) is 0 Å². The SMILES string of the molecule is CCCCOC(=O)N1CCCCC1C#N. The summed E-state index contributed by atoms with van der Waals surface area (Å²) in [5, 5.41) is 8.88. The molecule has 1 amide bonds. The number of unbranched alkanes of at least 4 members (excludes halogenated alkanes) is 1. The fourth-order valence-corrected chi connectivity index (χ4v) is 1.67. The first-order valence-electron chi connectivity index (χ1n) is 5.62. The largest absolute Gasteiger partial charge is 0.449 e. The van der Waals surface area contributed by atoms with Crippen LogP contribution in [0.15, 0.2) is 0 Å². The minimum atomic E-state index is -0.324. The molecule has 1 rings (SSSR count). The molecule has 0 aliphatic carbocycles. The molecule has 1 heterocycles. The van der Waals surface area contributed by atoms with Crippen LogP contribution >= 0.6 is 0 Å². The molecule has 0 spiro atoms. The van der Waals surface area contributed by atoms with E-state index in [-0.39, 0.29) is 12.1 Å². The molecule has 4 heteroatoms. The Morgan fingerprint density at radius 2 is 2.40 bits per heavy atom. The summed E-state index contributed by atoms with van der Waals surface area (Å²) in [6, 6.07) is 1.87. The van der Waals surface area contributed by atoms with Gasteiger partial charge in [-0.3, -0.25) is 4.90 Å². The van der Waals surface area contributed by atoms with Crippen molar-refractivity contribution >= 4 is 6.09 Å². The smallest absolute Gasteiger partial charge is 0.410 e. The van der Waals surface area contributed by atoms with E-state index < -0.39 is 0 Å². The summed E-state index contributed by atoms with van der Waals surface area (Å²) in [4.78, 5) is 13.1. The molecule has 0 bridgehead atoms. The van der Waals surface area contributed by atoms with Crippen LogP contribution in [0.3, 0.4) is 0 Å². The van der Waals surface area contributed by atoms with E-state index in [4.69, 9.17) is 10.00 Å². The van der Waals surface area contributed by atoms with E-state index >= 15 is 0 Å². The first kappa shape index (κ1) is 11.8. The number of hydrogen-bond acceptors (Lipinski definition) is 3. The molecule has 1 aliphatic rings. The zero-order valence-electron chi connectivity index (χ0n) is 9.24. The Balaban J connectivity index is 2.39. The number of carbonyl (C=O) groups excluding carboxylic acids is 1. The van der Waals surface area contributed by atoms with Gasteiger partial charge in [-0.2, -0.15) is 5.26 Å². The van der Waals surface area contributed by atoms with Gasteiger partial charge in [0.05, 0.1) is 12.7 Å². The highest BCUT2D eigenvalue weighted by Crippen LogP contribution is 2.17. The van der Waals surface area contributed by atoms with E-state index in [0.29, 0.717) is 13.2 Å². The zero-order chi connectivity index (χ0) is 11.1. The Kier molecular flexibility index (Phi) is 4.96. The van der Waals surface area contributed by atoms with Gasteiger partial charge in [0.15, 0.2) is 0 Å². The standard InChI is InChI=1S/C11H18N2O2/c1-2-3-8-15-11(14)13-7-5-4-6-10(13)9-12/h10H,2-8H2,1H3. The van der Waals surface area contributed by atoms with Crippen molar-refractivity contribution in [3.63, 3.8) is 0 Å². The van der Waals surface area contributed by atoms with Crippen LogP contribution in [0.25, 0.3) is 0 Å². The van der Waals surface area contributed by atoms with E-state index in [9.17, 15) is 4.79 Å². The van der Waals surface area contributed by atoms with Gasteiger partial charge in [-0.05, 0) is 25.7 Å². The number of nitriles is 1. The van der Waals surface area contributed by atoms with Crippen LogP contribution in [-0.2, 0) is 4.74 Å². The number of nitrogens with zero attached hydrogens (tertiary/aromatic N) is 2. The van der Waals surface area contributed by atoms with Gasteiger partial charge in [0.1, 0.15) is 6.04 Å². The lowest BCUT2D eigenvalue weighted by Crippen LogP contribution is -2.43. The monoisotopic (exact) mass is 210 g/mol.